The van der Waals surface area contributed by atoms with Crippen LogP contribution >= 0.6 is 0 Å². The summed E-state index contributed by atoms with van der Waals surface area (Å²) in [7, 11) is 0. The molecule has 2 aliphatic rings. The predicted molar refractivity (Wildman–Crippen MR) is 75.2 cm³/mol. The number of hydrogen-bond donors (Lipinski definition) is 1. The molecule has 3 rings (SSSR count). The SMILES string of the molecule is Cc1cc2c(n1CC1CCCO1)CC(C)(C)CC2O. The summed E-state index contributed by atoms with van der Waals surface area (Å²) < 4.78 is 8.15. The van der Waals surface area contributed by atoms with E-state index >= 15 is 0 Å². The molecule has 0 spiro atoms. The molecule has 0 saturated carbocycles. The number of aryl methyl sites for hydroxylation is 1. The number of aromatic nitrogens is 1. The van der Waals surface area contributed by atoms with Crippen LogP contribution in [-0.2, 0) is 17.7 Å². The van der Waals surface area contributed by atoms with Crippen LogP contribution in [-0.4, -0.2) is 22.4 Å². The normalized spacial score (nSPS) is 29.5. The van der Waals surface area contributed by atoms with Crippen molar-refractivity contribution in [3.8, 4) is 0 Å². The van der Waals surface area contributed by atoms with Gasteiger partial charge in [-0.15, -0.1) is 0 Å². The van der Waals surface area contributed by atoms with Crippen LogP contribution in [0, 0.1) is 12.3 Å². The Morgan fingerprint density at radius 3 is 2.95 bits per heavy atom. The van der Waals surface area contributed by atoms with Crippen LogP contribution in [0.5, 0.6) is 0 Å². The molecule has 1 aliphatic heterocycles. The zero-order chi connectivity index (χ0) is 13.6. The lowest BCUT2D eigenvalue weighted by molar-refractivity contribution is 0.0866. The minimum Gasteiger partial charge on any atom is -0.388 e. The molecular weight excluding hydrogens is 238 g/mol. The van der Waals surface area contributed by atoms with Crippen molar-refractivity contribution < 1.29 is 9.84 Å². The number of hydrogen-bond acceptors (Lipinski definition) is 2. The zero-order valence-electron chi connectivity index (χ0n) is 12.3. The monoisotopic (exact) mass is 263 g/mol. The molecule has 0 bridgehead atoms. The Labute approximate surface area is 115 Å². The largest absolute Gasteiger partial charge is 0.388 e. The van der Waals surface area contributed by atoms with Gasteiger partial charge < -0.3 is 14.4 Å². The molecule has 1 saturated heterocycles. The molecule has 106 valence electrons. The van der Waals surface area contributed by atoms with Crippen molar-refractivity contribution in [2.75, 3.05) is 6.61 Å². The molecule has 1 N–H and O–H groups in total. The molecule has 0 aromatic carbocycles. The first-order valence-electron chi connectivity index (χ1n) is 7.45. The van der Waals surface area contributed by atoms with E-state index in [9.17, 15) is 5.11 Å². The fraction of sp³-hybridized carbons (Fsp3) is 0.750. The molecule has 0 radical (unpaired) electrons. The molecule has 1 aromatic heterocycles. The first-order chi connectivity index (χ1) is 8.96. The van der Waals surface area contributed by atoms with Crippen molar-refractivity contribution in [3.63, 3.8) is 0 Å². The molecule has 1 aromatic rings. The molecular formula is C16H25NO2. The van der Waals surface area contributed by atoms with Gasteiger partial charge in [-0.2, -0.15) is 0 Å². The van der Waals surface area contributed by atoms with Gasteiger partial charge in [-0.25, -0.2) is 0 Å². The van der Waals surface area contributed by atoms with Gasteiger partial charge in [0.2, 0.25) is 0 Å². The topological polar surface area (TPSA) is 34.4 Å². The summed E-state index contributed by atoms with van der Waals surface area (Å²) >= 11 is 0. The second-order valence-corrected chi connectivity index (χ2v) is 6.99. The van der Waals surface area contributed by atoms with Gasteiger partial charge in [0.25, 0.3) is 0 Å². The van der Waals surface area contributed by atoms with E-state index in [2.05, 4.69) is 31.4 Å². The standard InChI is InChI=1S/C16H25NO2/c1-11-7-13-14(8-16(2,3)9-15(13)18)17(11)10-12-5-4-6-19-12/h7,12,15,18H,4-6,8-10H2,1-3H3. The maximum absolute atomic E-state index is 10.4. The molecule has 3 nitrogen and oxygen atoms in total. The van der Waals surface area contributed by atoms with Gasteiger partial charge in [-0.05, 0) is 44.1 Å². The highest BCUT2D eigenvalue weighted by Crippen LogP contribution is 2.42. The van der Waals surface area contributed by atoms with Gasteiger partial charge in [-0.3, -0.25) is 0 Å². The summed E-state index contributed by atoms with van der Waals surface area (Å²) in [5, 5.41) is 10.4. The Kier molecular flexibility index (Phi) is 3.22. The van der Waals surface area contributed by atoms with Crippen molar-refractivity contribution in [3.05, 3.63) is 23.0 Å². The third-order valence-electron chi connectivity index (χ3n) is 4.61. The van der Waals surface area contributed by atoms with Crippen LogP contribution in [0.2, 0.25) is 0 Å². The van der Waals surface area contributed by atoms with E-state index in [1.165, 1.54) is 24.2 Å². The number of fused-ring (bicyclic) bond motifs is 1. The van der Waals surface area contributed by atoms with Crippen LogP contribution in [0.4, 0.5) is 0 Å². The van der Waals surface area contributed by atoms with Gasteiger partial charge in [0.05, 0.1) is 12.2 Å². The summed E-state index contributed by atoms with van der Waals surface area (Å²) in [6.07, 6.45) is 4.32. The lowest BCUT2D eigenvalue weighted by Crippen LogP contribution is -2.28. The smallest absolute Gasteiger partial charge is 0.0812 e. The summed E-state index contributed by atoms with van der Waals surface area (Å²) in [6.45, 7) is 8.49. The second kappa shape index (κ2) is 4.64. The Morgan fingerprint density at radius 2 is 2.26 bits per heavy atom. The van der Waals surface area contributed by atoms with Crippen molar-refractivity contribution in [2.24, 2.45) is 5.41 Å². The van der Waals surface area contributed by atoms with Gasteiger partial charge in [0, 0.05) is 30.1 Å². The summed E-state index contributed by atoms with van der Waals surface area (Å²) in [6, 6.07) is 2.17. The minimum absolute atomic E-state index is 0.186. The predicted octanol–water partition coefficient (Wildman–Crippen LogP) is 2.98. The van der Waals surface area contributed by atoms with E-state index in [1.54, 1.807) is 0 Å². The second-order valence-electron chi connectivity index (χ2n) is 6.99. The first-order valence-corrected chi connectivity index (χ1v) is 7.45. The molecule has 19 heavy (non-hydrogen) atoms. The third kappa shape index (κ3) is 2.46. The molecule has 2 heterocycles. The van der Waals surface area contributed by atoms with E-state index in [0.29, 0.717) is 6.10 Å². The number of rotatable bonds is 2. The van der Waals surface area contributed by atoms with Crippen molar-refractivity contribution in [1.82, 2.24) is 4.57 Å². The molecule has 2 atom stereocenters. The van der Waals surface area contributed by atoms with Gasteiger partial charge >= 0.3 is 0 Å². The van der Waals surface area contributed by atoms with E-state index in [4.69, 9.17) is 4.74 Å². The molecule has 1 aliphatic carbocycles. The van der Waals surface area contributed by atoms with Crippen LogP contribution in [0.3, 0.4) is 0 Å². The van der Waals surface area contributed by atoms with E-state index in [-0.39, 0.29) is 11.5 Å². The van der Waals surface area contributed by atoms with Crippen LogP contribution in [0.1, 0.15) is 56.2 Å². The Morgan fingerprint density at radius 1 is 1.47 bits per heavy atom. The highest BCUT2D eigenvalue weighted by atomic mass is 16.5. The van der Waals surface area contributed by atoms with Crippen LogP contribution in [0.25, 0.3) is 0 Å². The highest BCUT2D eigenvalue weighted by molar-refractivity contribution is 5.33. The first kappa shape index (κ1) is 13.2. The molecule has 3 heteroatoms. The summed E-state index contributed by atoms with van der Waals surface area (Å²) in [4.78, 5) is 0. The zero-order valence-corrected chi connectivity index (χ0v) is 12.3. The number of ether oxygens (including phenoxy) is 1. The fourth-order valence-electron chi connectivity index (χ4n) is 3.65. The minimum atomic E-state index is -0.303. The summed E-state index contributed by atoms with van der Waals surface area (Å²) in [5.74, 6) is 0. The maximum atomic E-state index is 10.4. The summed E-state index contributed by atoms with van der Waals surface area (Å²) in [5.41, 5.74) is 3.93. The van der Waals surface area contributed by atoms with E-state index in [1.807, 2.05) is 0 Å². The van der Waals surface area contributed by atoms with Crippen LogP contribution in [0.15, 0.2) is 6.07 Å². The maximum Gasteiger partial charge on any atom is 0.0812 e. The lowest BCUT2D eigenvalue weighted by Gasteiger charge is -2.34. The number of aliphatic hydroxyl groups is 1. The quantitative estimate of drug-likeness (QED) is 0.890. The highest BCUT2D eigenvalue weighted by Gasteiger charge is 2.34. The average Bonchev–Trinajstić information content (AvgIpc) is 2.90. The van der Waals surface area contributed by atoms with E-state index in [0.717, 1.165) is 31.6 Å². The van der Waals surface area contributed by atoms with Gasteiger partial charge in [0.15, 0.2) is 0 Å². The fourth-order valence-corrected chi connectivity index (χ4v) is 3.65. The van der Waals surface area contributed by atoms with E-state index < -0.39 is 0 Å². The molecule has 2 unspecified atom stereocenters. The van der Waals surface area contributed by atoms with Gasteiger partial charge in [-0.1, -0.05) is 13.8 Å². The van der Waals surface area contributed by atoms with Crippen molar-refractivity contribution >= 4 is 0 Å². The van der Waals surface area contributed by atoms with Crippen LogP contribution < -0.4 is 0 Å². The Hall–Kier alpha value is -0.800. The Bertz CT molecular complexity index is 469. The molecule has 1 fully saturated rings. The third-order valence-corrected chi connectivity index (χ3v) is 4.61. The van der Waals surface area contributed by atoms with Crippen molar-refractivity contribution in [1.29, 1.82) is 0 Å². The molecule has 0 amide bonds. The average molecular weight is 263 g/mol. The van der Waals surface area contributed by atoms with Crippen molar-refractivity contribution in [2.45, 2.75) is 65.2 Å². The number of nitrogens with zero attached hydrogens (tertiary/aromatic N) is 1. The Balaban J connectivity index is 1.92. The lowest BCUT2D eigenvalue weighted by atomic mass is 9.75. The van der Waals surface area contributed by atoms with Gasteiger partial charge in [0.1, 0.15) is 0 Å². The number of aliphatic hydroxyl groups excluding tert-OH is 1.